The minimum atomic E-state index is -0.156. The van der Waals surface area contributed by atoms with E-state index in [4.69, 9.17) is 9.72 Å². The summed E-state index contributed by atoms with van der Waals surface area (Å²) < 4.78 is 9.79. The molecule has 3 heterocycles. The van der Waals surface area contributed by atoms with Crippen molar-refractivity contribution in [2.45, 2.75) is 58.6 Å². The molecule has 0 unspecified atom stereocenters. The molecule has 8 heteroatoms. The van der Waals surface area contributed by atoms with Crippen molar-refractivity contribution in [2.24, 2.45) is 7.05 Å². The van der Waals surface area contributed by atoms with E-state index < -0.39 is 0 Å². The molecule has 3 aromatic rings. The summed E-state index contributed by atoms with van der Waals surface area (Å²) in [4.78, 5) is 17.2. The molecule has 0 radical (unpaired) electrons. The molecule has 3 aromatic heterocycles. The summed E-state index contributed by atoms with van der Waals surface area (Å²) in [6.07, 6.45) is 6.74. The van der Waals surface area contributed by atoms with Gasteiger partial charge in [0.1, 0.15) is 5.75 Å². The zero-order chi connectivity index (χ0) is 21.1. The molecule has 1 fully saturated rings. The van der Waals surface area contributed by atoms with Crippen LogP contribution in [0.5, 0.6) is 5.75 Å². The highest BCUT2D eigenvalue weighted by Gasteiger charge is 2.18. The first-order valence-corrected chi connectivity index (χ1v) is 10.4. The van der Waals surface area contributed by atoms with Crippen molar-refractivity contribution in [3.05, 3.63) is 53.2 Å². The lowest BCUT2D eigenvalue weighted by atomic mass is 10.2. The summed E-state index contributed by atoms with van der Waals surface area (Å²) in [7, 11) is 1.81. The Balaban J connectivity index is 1.54. The van der Waals surface area contributed by atoms with Gasteiger partial charge in [0, 0.05) is 37.1 Å². The van der Waals surface area contributed by atoms with Crippen molar-refractivity contribution < 1.29 is 9.53 Å². The van der Waals surface area contributed by atoms with Crippen LogP contribution < -0.4 is 10.1 Å². The lowest BCUT2D eigenvalue weighted by molar-refractivity contribution is -0.115. The second kappa shape index (κ2) is 8.69. The van der Waals surface area contributed by atoms with Crippen LogP contribution in [0.3, 0.4) is 0 Å². The maximum absolute atomic E-state index is 12.5. The zero-order valence-electron chi connectivity index (χ0n) is 17.8. The highest BCUT2D eigenvalue weighted by Crippen LogP contribution is 2.25. The Morgan fingerprint density at radius 1 is 1.17 bits per heavy atom. The van der Waals surface area contributed by atoms with E-state index in [0.29, 0.717) is 18.1 Å². The first-order valence-electron chi connectivity index (χ1n) is 10.4. The van der Waals surface area contributed by atoms with Gasteiger partial charge < -0.3 is 10.1 Å². The molecular formula is C22H28N6O2. The van der Waals surface area contributed by atoms with Crippen LogP contribution in [0.15, 0.2) is 30.5 Å². The van der Waals surface area contributed by atoms with Crippen LogP contribution in [0.25, 0.3) is 0 Å². The molecule has 0 atom stereocenters. The number of pyridine rings is 1. The van der Waals surface area contributed by atoms with Gasteiger partial charge in [-0.3, -0.25) is 19.1 Å². The van der Waals surface area contributed by atoms with E-state index >= 15 is 0 Å². The standard InChI is InChI=1S/C22H28N6O2/c1-15-10-16(2)28(25-15)14-18-12-20(30-19-6-4-5-7-19)11-17(23-18)13-22(29)24-21-8-9-27(3)26-21/h8-12,19H,4-7,13-14H2,1-3H3,(H,24,26,29). The summed E-state index contributed by atoms with van der Waals surface area (Å²) >= 11 is 0. The Bertz CT molecular complexity index is 1030. The fourth-order valence-electron chi connectivity index (χ4n) is 3.88. The number of aromatic nitrogens is 5. The molecular weight excluding hydrogens is 380 g/mol. The second-order valence-corrected chi connectivity index (χ2v) is 7.99. The molecule has 1 aliphatic carbocycles. The van der Waals surface area contributed by atoms with Crippen molar-refractivity contribution in [2.75, 3.05) is 5.32 Å². The number of anilines is 1. The Morgan fingerprint density at radius 3 is 2.60 bits per heavy atom. The van der Waals surface area contributed by atoms with Crippen molar-refractivity contribution in [3.63, 3.8) is 0 Å². The highest BCUT2D eigenvalue weighted by atomic mass is 16.5. The number of nitrogens with one attached hydrogen (secondary N) is 1. The normalized spacial score (nSPS) is 14.2. The third-order valence-corrected chi connectivity index (χ3v) is 5.25. The lowest BCUT2D eigenvalue weighted by Gasteiger charge is -2.15. The number of hydrogen-bond acceptors (Lipinski definition) is 5. The van der Waals surface area contributed by atoms with Crippen LogP contribution in [-0.4, -0.2) is 36.6 Å². The molecule has 158 valence electrons. The molecule has 0 spiro atoms. The lowest BCUT2D eigenvalue weighted by Crippen LogP contribution is -2.17. The fourth-order valence-corrected chi connectivity index (χ4v) is 3.88. The smallest absolute Gasteiger partial charge is 0.231 e. The van der Waals surface area contributed by atoms with Gasteiger partial charge in [-0.1, -0.05) is 0 Å². The quantitative estimate of drug-likeness (QED) is 0.649. The topological polar surface area (TPSA) is 86.9 Å². The van der Waals surface area contributed by atoms with Gasteiger partial charge in [0.2, 0.25) is 5.91 Å². The summed E-state index contributed by atoms with van der Waals surface area (Å²) in [5, 5.41) is 11.5. The van der Waals surface area contributed by atoms with Crippen LogP contribution >= 0.6 is 0 Å². The number of carbonyl (C=O) groups excluding carboxylic acids is 1. The van der Waals surface area contributed by atoms with E-state index in [9.17, 15) is 4.79 Å². The van der Waals surface area contributed by atoms with Crippen molar-refractivity contribution in [3.8, 4) is 5.75 Å². The van der Waals surface area contributed by atoms with Crippen LogP contribution in [0.1, 0.15) is 48.5 Å². The van der Waals surface area contributed by atoms with E-state index in [-0.39, 0.29) is 18.4 Å². The fraction of sp³-hybridized carbons (Fsp3) is 0.455. The molecule has 1 amide bonds. The number of amides is 1. The molecule has 4 rings (SSSR count). The monoisotopic (exact) mass is 408 g/mol. The molecule has 30 heavy (non-hydrogen) atoms. The zero-order valence-corrected chi connectivity index (χ0v) is 17.8. The van der Waals surface area contributed by atoms with Gasteiger partial charge in [-0.2, -0.15) is 10.2 Å². The summed E-state index contributed by atoms with van der Waals surface area (Å²) in [5.41, 5.74) is 3.56. The van der Waals surface area contributed by atoms with Crippen LogP contribution in [0, 0.1) is 13.8 Å². The third-order valence-electron chi connectivity index (χ3n) is 5.25. The number of carbonyl (C=O) groups is 1. The number of ether oxygens (including phenoxy) is 1. The predicted octanol–water partition coefficient (Wildman–Crippen LogP) is 3.18. The Labute approximate surface area is 176 Å². The van der Waals surface area contributed by atoms with Crippen molar-refractivity contribution in [1.29, 1.82) is 0 Å². The number of rotatable bonds is 7. The average molecular weight is 409 g/mol. The average Bonchev–Trinajstić information content (AvgIpc) is 3.38. The van der Waals surface area contributed by atoms with E-state index in [1.54, 1.807) is 16.9 Å². The molecule has 8 nitrogen and oxygen atoms in total. The van der Waals surface area contributed by atoms with Gasteiger partial charge in [-0.15, -0.1) is 0 Å². The van der Waals surface area contributed by atoms with Crippen LogP contribution in [0.4, 0.5) is 5.82 Å². The predicted molar refractivity (Wildman–Crippen MR) is 113 cm³/mol. The van der Waals surface area contributed by atoms with Crippen LogP contribution in [-0.2, 0) is 24.8 Å². The molecule has 1 N–H and O–H groups in total. The van der Waals surface area contributed by atoms with E-state index in [1.807, 2.05) is 43.8 Å². The summed E-state index contributed by atoms with van der Waals surface area (Å²) in [6, 6.07) is 7.65. The largest absolute Gasteiger partial charge is 0.490 e. The van der Waals surface area contributed by atoms with Gasteiger partial charge in [-0.25, -0.2) is 0 Å². The Hall–Kier alpha value is -3.16. The Kier molecular flexibility index (Phi) is 5.83. The van der Waals surface area contributed by atoms with E-state index in [1.165, 1.54) is 12.8 Å². The SMILES string of the molecule is Cc1cc(C)n(Cc2cc(OC3CCCC3)cc(CC(=O)Nc3ccn(C)n3)n2)n1. The number of nitrogens with zero attached hydrogens (tertiary/aromatic N) is 5. The molecule has 0 aromatic carbocycles. The van der Waals surface area contributed by atoms with Crippen molar-refractivity contribution >= 4 is 11.7 Å². The third kappa shape index (κ3) is 5.06. The molecule has 0 saturated heterocycles. The maximum Gasteiger partial charge on any atom is 0.231 e. The summed E-state index contributed by atoms with van der Waals surface area (Å²) in [5.74, 6) is 1.15. The maximum atomic E-state index is 12.5. The molecule has 1 aliphatic rings. The van der Waals surface area contributed by atoms with Crippen molar-refractivity contribution in [1.82, 2.24) is 24.5 Å². The second-order valence-electron chi connectivity index (χ2n) is 7.99. The molecule has 0 bridgehead atoms. The summed E-state index contributed by atoms with van der Waals surface area (Å²) in [6.45, 7) is 4.54. The van der Waals surface area contributed by atoms with Gasteiger partial charge in [0.05, 0.1) is 36.2 Å². The van der Waals surface area contributed by atoms with Gasteiger partial charge >= 0.3 is 0 Å². The first-order chi connectivity index (χ1) is 14.4. The van der Waals surface area contributed by atoms with E-state index in [2.05, 4.69) is 15.5 Å². The Morgan fingerprint density at radius 2 is 1.93 bits per heavy atom. The van der Waals surface area contributed by atoms with Gasteiger partial charge in [-0.05, 0) is 45.6 Å². The minimum absolute atomic E-state index is 0.155. The highest BCUT2D eigenvalue weighted by molar-refractivity contribution is 5.91. The van der Waals surface area contributed by atoms with Gasteiger partial charge in [0.15, 0.2) is 5.82 Å². The van der Waals surface area contributed by atoms with Crippen LogP contribution in [0.2, 0.25) is 0 Å². The van der Waals surface area contributed by atoms with E-state index in [0.717, 1.165) is 35.7 Å². The number of hydrogen-bond donors (Lipinski definition) is 1. The van der Waals surface area contributed by atoms with Gasteiger partial charge in [0.25, 0.3) is 0 Å². The molecule has 0 aliphatic heterocycles. The first kappa shape index (κ1) is 20.1. The molecule has 1 saturated carbocycles. The number of aryl methyl sites for hydroxylation is 3. The minimum Gasteiger partial charge on any atom is -0.490 e.